The van der Waals surface area contributed by atoms with Gasteiger partial charge in [-0.15, -0.1) is 0 Å². The van der Waals surface area contributed by atoms with Gasteiger partial charge in [0.25, 0.3) is 0 Å². The van der Waals surface area contributed by atoms with E-state index >= 15 is 0 Å². The predicted molar refractivity (Wildman–Crippen MR) is 83.1 cm³/mol. The molecule has 3 rings (SSSR count). The highest BCUT2D eigenvalue weighted by Gasteiger charge is 2.62. The molecule has 1 spiro atoms. The quantitative estimate of drug-likeness (QED) is 0.764. The molecule has 0 aromatic heterocycles. The van der Waals surface area contributed by atoms with Crippen LogP contribution >= 0.6 is 11.8 Å². The van der Waals surface area contributed by atoms with E-state index in [0.29, 0.717) is 26.1 Å². The van der Waals surface area contributed by atoms with Crippen LogP contribution in [-0.4, -0.2) is 68.0 Å². The van der Waals surface area contributed by atoms with Crippen molar-refractivity contribution < 1.29 is 17.9 Å². The SMILES string of the molecule is COC[C@@H]1CCS(=O)(=O)C12CN(C(=O)C1CCSCC1)C2. The number of rotatable bonds is 3. The molecule has 3 saturated heterocycles. The molecule has 0 bridgehead atoms. The molecule has 1 atom stereocenters. The molecule has 3 fully saturated rings. The summed E-state index contributed by atoms with van der Waals surface area (Å²) in [5.74, 6) is 2.63. The molecule has 3 aliphatic heterocycles. The second-order valence-electron chi connectivity index (χ2n) is 6.41. The number of hydrogen-bond donors (Lipinski definition) is 0. The van der Waals surface area contributed by atoms with Crippen molar-refractivity contribution in [1.29, 1.82) is 0 Å². The van der Waals surface area contributed by atoms with Gasteiger partial charge in [-0.3, -0.25) is 4.79 Å². The van der Waals surface area contributed by atoms with E-state index in [-0.39, 0.29) is 23.5 Å². The van der Waals surface area contributed by atoms with Gasteiger partial charge in [0.05, 0.1) is 12.4 Å². The van der Waals surface area contributed by atoms with Crippen molar-refractivity contribution >= 4 is 27.5 Å². The molecule has 7 heteroatoms. The van der Waals surface area contributed by atoms with Gasteiger partial charge in [-0.05, 0) is 30.8 Å². The van der Waals surface area contributed by atoms with Crippen LogP contribution in [0.4, 0.5) is 0 Å². The zero-order valence-electron chi connectivity index (χ0n) is 12.4. The smallest absolute Gasteiger partial charge is 0.225 e. The summed E-state index contributed by atoms with van der Waals surface area (Å²) in [6.45, 7) is 1.24. The summed E-state index contributed by atoms with van der Waals surface area (Å²) in [6.07, 6.45) is 2.53. The van der Waals surface area contributed by atoms with E-state index in [2.05, 4.69) is 0 Å². The van der Waals surface area contributed by atoms with Gasteiger partial charge in [0, 0.05) is 32.0 Å². The zero-order valence-corrected chi connectivity index (χ0v) is 14.0. The van der Waals surface area contributed by atoms with Crippen molar-refractivity contribution in [2.75, 3.05) is 44.1 Å². The first-order valence-corrected chi connectivity index (χ1v) is 10.4. The third-order valence-electron chi connectivity index (χ3n) is 5.27. The van der Waals surface area contributed by atoms with Gasteiger partial charge in [0.1, 0.15) is 4.75 Å². The highest BCUT2D eigenvalue weighted by Crippen LogP contribution is 2.45. The maximum atomic E-state index is 12.5. The van der Waals surface area contributed by atoms with Crippen molar-refractivity contribution in [2.45, 2.75) is 24.0 Å². The molecule has 0 unspecified atom stereocenters. The number of carbonyl (C=O) groups is 1. The van der Waals surface area contributed by atoms with Gasteiger partial charge >= 0.3 is 0 Å². The average Bonchev–Trinajstić information content (AvgIpc) is 2.69. The van der Waals surface area contributed by atoms with E-state index in [4.69, 9.17) is 4.74 Å². The maximum absolute atomic E-state index is 12.5. The highest BCUT2D eigenvalue weighted by atomic mass is 32.2. The molecule has 0 aromatic carbocycles. The molecule has 120 valence electrons. The molecule has 0 N–H and O–H groups in total. The standard InChI is InChI=1S/C14H23NO4S2/c1-19-8-12-4-7-21(17,18)14(12)9-15(10-14)13(16)11-2-5-20-6-3-11/h11-12H,2-10H2,1H3/t12-/m0/s1. The lowest BCUT2D eigenvalue weighted by Gasteiger charge is -2.50. The van der Waals surface area contributed by atoms with Crippen molar-refractivity contribution in [3.05, 3.63) is 0 Å². The largest absolute Gasteiger partial charge is 0.384 e. The topological polar surface area (TPSA) is 63.7 Å². The summed E-state index contributed by atoms with van der Waals surface area (Å²) in [4.78, 5) is 14.3. The Bertz CT molecular complexity index is 507. The number of sulfone groups is 1. The first-order chi connectivity index (χ1) is 10.00. The molecule has 1 amide bonds. The molecular formula is C14H23NO4S2. The van der Waals surface area contributed by atoms with Crippen molar-refractivity contribution in [1.82, 2.24) is 4.90 Å². The van der Waals surface area contributed by atoms with E-state index in [9.17, 15) is 13.2 Å². The Morgan fingerprint density at radius 1 is 1.29 bits per heavy atom. The number of thioether (sulfide) groups is 1. The molecule has 21 heavy (non-hydrogen) atoms. The molecule has 0 radical (unpaired) electrons. The van der Waals surface area contributed by atoms with Gasteiger partial charge < -0.3 is 9.64 Å². The summed E-state index contributed by atoms with van der Waals surface area (Å²) in [5.41, 5.74) is 0. The Balaban J connectivity index is 1.68. The van der Waals surface area contributed by atoms with E-state index in [1.807, 2.05) is 11.8 Å². The summed E-state index contributed by atoms with van der Waals surface area (Å²) < 4.78 is 29.3. The first kappa shape index (κ1) is 15.6. The normalized spacial score (nSPS) is 31.3. The number of likely N-dealkylation sites (tertiary alicyclic amines) is 1. The second kappa shape index (κ2) is 5.74. The number of methoxy groups -OCH3 is 1. The van der Waals surface area contributed by atoms with Crippen LogP contribution < -0.4 is 0 Å². The Labute approximate surface area is 130 Å². The Morgan fingerprint density at radius 3 is 2.57 bits per heavy atom. The minimum absolute atomic E-state index is 0.0402. The fourth-order valence-corrected chi connectivity index (χ4v) is 7.37. The van der Waals surface area contributed by atoms with Crippen LogP contribution in [0.5, 0.6) is 0 Å². The fraction of sp³-hybridized carbons (Fsp3) is 0.929. The third kappa shape index (κ3) is 2.51. The zero-order chi connectivity index (χ0) is 15.1. The lowest BCUT2D eigenvalue weighted by molar-refractivity contribution is -0.142. The predicted octanol–water partition coefficient (Wildman–Crippen LogP) is 0.792. The summed E-state index contributed by atoms with van der Waals surface area (Å²) in [6, 6.07) is 0. The Hall–Kier alpha value is -0.270. The summed E-state index contributed by atoms with van der Waals surface area (Å²) in [5, 5.41) is 0. The molecular weight excluding hydrogens is 310 g/mol. The molecule has 0 aromatic rings. The molecule has 5 nitrogen and oxygen atoms in total. The number of ether oxygens (including phenoxy) is 1. The van der Waals surface area contributed by atoms with Gasteiger partial charge in [0.15, 0.2) is 9.84 Å². The minimum Gasteiger partial charge on any atom is -0.384 e. The van der Waals surface area contributed by atoms with Gasteiger partial charge in [-0.2, -0.15) is 11.8 Å². The average molecular weight is 333 g/mol. The lowest BCUT2D eigenvalue weighted by atomic mass is 9.82. The third-order valence-corrected chi connectivity index (χ3v) is 8.92. The van der Waals surface area contributed by atoms with Crippen molar-refractivity contribution in [3.8, 4) is 0 Å². The number of nitrogens with zero attached hydrogens (tertiary/aromatic N) is 1. The number of carbonyl (C=O) groups excluding carboxylic acids is 1. The van der Waals surface area contributed by atoms with Crippen LogP contribution in [0.2, 0.25) is 0 Å². The van der Waals surface area contributed by atoms with Gasteiger partial charge in [0.2, 0.25) is 5.91 Å². The van der Waals surface area contributed by atoms with Crippen molar-refractivity contribution in [2.24, 2.45) is 11.8 Å². The van der Waals surface area contributed by atoms with E-state index in [1.54, 1.807) is 12.0 Å². The van der Waals surface area contributed by atoms with Crippen molar-refractivity contribution in [3.63, 3.8) is 0 Å². The molecule has 3 heterocycles. The Kier molecular flexibility index (Phi) is 4.27. The van der Waals surface area contributed by atoms with E-state index < -0.39 is 14.6 Å². The summed E-state index contributed by atoms with van der Waals surface area (Å²) in [7, 11) is -1.49. The molecule has 0 aliphatic carbocycles. The fourth-order valence-electron chi connectivity index (χ4n) is 3.87. The summed E-state index contributed by atoms with van der Waals surface area (Å²) >= 11 is 1.90. The molecule has 0 saturated carbocycles. The van der Waals surface area contributed by atoms with Gasteiger partial charge in [-0.25, -0.2) is 8.42 Å². The van der Waals surface area contributed by atoms with Gasteiger partial charge in [-0.1, -0.05) is 0 Å². The van der Waals surface area contributed by atoms with E-state index in [1.165, 1.54) is 0 Å². The van der Waals surface area contributed by atoms with Crippen LogP contribution in [0.1, 0.15) is 19.3 Å². The van der Waals surface area contributed by atoms with Crippen LogP contribution in [0, 0.1) is 11.8 Å². The van der Waals surface area contributed by atoms with Crippen LogP contribution in [0.15, 0.2) is 0 Å². The minimum atomic E-state index is -3.10. The van der Waals surface area contributed by atoms with Crippen LogP contribution in [-0.2, 0) is 19.4 Å². The van der Waals surface area contributed by atoms with E-state index in [0.717, 1.165) is 24.3 Å². The van der Waals surface area contributed by atoms with Crippen LogP contribution in [0.25, 0.3) is 0 Å². The lowest BCUT2D eigenvalue weighted by Crippen LogP contribution is -2.69. The van der Waals surface area contributed by atoms with Crippen LogP contribution in [0.3, 0.4) is 0 Å². The Morgan fingerprint density at radius 2 is 1.95 bits per heavy atom. The maximum Gasteiger partial charge on any atom is 0.225 e. The number of amides is 1. The second-order valence-corrected chi connectivity index (χ2v) is 10.1. The first-order valence-electron chi connectivity index (χ1n) is 7.58. The number of hydrogen-bond acceptors (Lipinski definition) is 5. The monoisotopic (exact) mass is 333 g/mol. The highest BCUT2D eigenvalue weighted by molar-refractivity contribution is 7.99. The molecule has 3 aliphatic rings.